The number of nitrogens with zero attached hydrogens (tertiary/aromatic N) is 2. The summed E-state index contributed by atoms with van der Waals surface area (Å²) in [4.78, 5) is 13.9. The molecule has 0 fully saturated rings. The summed E-state index contributed by atoms with van der Waals surface area (Å²) in [5.41, 5.74) is 2.20. The van der Waals surface area contributed by atoms with Crippen LogP contribution in [0.4, 0.5) is 0 Å². The Hall–Kier alpha value is -1.62. The Morgan fingerprint density at radius 2 is 2.15 bits per heavy atom. The zero-order valence-electron chi connectivity index (χ0n) is 12.4. The molecule has 0 aromatic carbocycles. The van der Waals surface area contributed by atoms with Gasteiger partial charge in [0.25, 0.3) is 5.91 Å². The van der Waals surface area contributed by atoms with E-state index < -0.39 is 0 Å². The van der Waals surface area contributed by atoms with E-state index in [1.54, 1.807) is 0 Å². The molecule has 1 N–H and O–H groups in total. The number of aromatic nitrogens is 2. The molecule has 0 saturated heterocycles. The zero-order chi connectivity index (χ0) is 14.7. The summed E-state index contributed by atoms with van der Waals surface area (Å²) in [6.07, 6.45) is 0. The summed E-state index contributed by atoms with van der Waals surface area (Å²) in [5, 5.41) is 7.43. The van der Waals surface area contributed by atoms with Gasteiger partial charge in [-0.15, -0.1) is 11.3 Å². The van der Waals surface area contributed by atoms with Crippen LogP contribution in [0.5, 0.6) is 0 Å². The maximum absolute atomic E-state index is 12.0. The number of carbonyl (C=O) groups is 1. The third-order valence-electron chi connectivity index (χ3n) is 3.16. The van der Waals surface area contributed by atoms with Gasteiger partial charge in [-0.05, 0) is 44.9 Å². The maximum atomic E-state index is 12.0. The van der Waals surface area contributed by atoms with Gasteiger partial charge in [0.2, 0.25) is 0 Å². The average Bonchev–Trinajstić information content (AvgIpc) is 2.93. The van der Waals surface area contributed by atoms with Gasteiger partial charge in [0.15, 0.2) is 0 Å². The van der Waals surface area contributed by atoms with Crippen molar-refractivity contribution >= 4 is 17.2 Å². The molecule has 0 spiro atoms. The van der Waals surface area contributed by atoms with E-state index in [1.165, 1.54) is 11.3 Å². The number of amides is 1. The number of hydrogen-bond acceptors (Lipinski definition) is 3. The Kier molecular flexibility index (Phi) is 4.60. The number of hydrogen-bond donors (Lipinski definition) is 1. The van der Waals surface area contributed by atoms with Gasteiger partial charge in [-0.25, -0.2) is 0 Å². The molecule has 2 aromatic heterocycles. The highest BCUT2D eigenvalue weighted by Crippen LogP contribution is 2.14. The molecule has 0 radical (unpaired) electrons. The fraction of sp³-hybridized carbons (Fsp3) is 0.467. The van der Waals surface area contributed by atoms with E-state index in [1.807, 2.05) is 30.7 Å². The molecule has 20 heavy (non-hydrogen) atoms. The molecule has 0 aliphatic carbocycles. The lowest BCUT2D eigenvalue weighted by Crippen LogP contribution is -2.29. The third-order valence-corrected chi connectivity index (χ3v) is 4.16. The van der Waals surface area contributed by atoms with Gasteiger partial charge in [-0.1, -0.05) is 6.92 Å². The SMILES string of the molecule is Cc1cc(C)n(C[C@H](C)CNC(=O)c2ccc(C)s2)n1. The van der Waals surface area contributed by atoms with Crippen molar-refractivity contribution in [2.45, 2.75) is 34.2 Å². The molecule has 2 aromatic rings. The first-order chi connectivity index (χ1) is 9.45. The van der Waals surface area contributed by atoms with Crippen LogP contribution in [-0.4, -0.2) is 22.2 Å². The van der Waals surface area contributed by atoms with Crippen molar-refractivity contribution in [3.05, 3.63) is 39.3 Å². The molecule has 1 atom stereocenters. The van der Waals surface area contributed by atoms with Crippen LogP contribution in [0.25, 0.3) is 0 Å². The second kappa shape index (κ2) is 6.22. The smallest absolute Gasteiger partial charge is 0.261 e. The molecule has 0 aliphatic rings. The minimum absolute atomic E-state index is 0.0170. The van der Waals surface area contributed by atoms with Crippen molar-refractivity contribution < 1.29 is 4.79 Å². The van der Waals surface area contributed by atoms with E-state index in [0.29, 0.717) is 12.5 Å². The minimum atomic E-state index is 0.0170. The molecule has 0 saturated carbocycles. The standard InChI is InChI=1S/C15H21N3OS/c1-10(9-18-12(3)7-11(2)17-18)8-16-15(19)14-6-5-13(4)20-14/h5-7,10H,8-9H2,1-4H3,(H,16,19)/t10-/m1/s1. The van der Waals surface area contributed by atoms with Crippen LogP contribution in [0.15, 0.2) is 18.2 Å². The second-order valence-electron chi connectivity index (χ2n) is 5.33. The molecule has 2 rings (SSSR count). The molecule has 1 amide bonds. The van der Waals surface area contributed by atoms with Crippen molar-refractivity contribution in [2.24, 2.45) is 5.92 Å². The highest BCUT2D eigenvalue weighted by atomic mass is 32.1. The molecule has 108 valence electrons. The van der Waals surface area contributed by atoms with Gasteiger partial charge >= 0.3 is 0 Å². The zero-order valence-corrected chi connectivity index (χ0v) is 13.3. The minimum Gasteiger partial charge on any atom is -0.351 e. The van der Waals surface area contributed by atoms with E-state index in [0.717, 1.165) is 27.7 Å². The predicted molar refractivity (Wildman–Crippen MR) is 82.3 cm³/mol. The monoisotopic (exact) mass is 291 g/mol. The Balaban J connectivity index is 1.84. The fourth-order valence-corrected chi connectivity index (χ4v) is 2.91. The number of thiophene rings is 1. The summed E-state index contributed by atoms with van der Waals surface area (Å²) in [7, 11) is 0. The first-order valence-electron chi connectivity index (χ1n) is 6.81. The summed E-state index contributed by atoms with van der Waals surface area (Å²) in [6, 6.07) is 5.92. The number of aryl methyl sites for hydroxylation is 3. The topological polar surface area (TPSA) is 46.9 Å². The first-order valence-corrected chi connectivity index (χ1v) is 7.63. The molecule has 5 heteroatoms. The van der Waals surface area contributed by atoms with Gasteiger partial charge in [0.1, 0.15) is 0 Å². The van der Waals surface area contributed by atoms with Gasteiger partial charge in [-0.3, -0.25) is 9.48 Å². The summed E-state index contributed by atoms with van der Waals surface area (Å²) in [6.45, 7) is 9.66. The highest BCUT2D eigenvalue weighted by Gasteiger charge is 2.11. The number of nitrogens with one attached hydrogen (secondary N) is 1. The lowest BCUT2D eigenvalue weighted by molar-refractivity contribution is 0.0950. The molecule has 4 nitrogen and oxygen atoms in total. The van der Waals surface area contributed by atoms with E-state index in [-0.39, 0.29) is 5.91 Å². The third kappa shape index (κ3) is 3.70. The van der Waals surface area contributed by atoms with Crippen LogP contribution >= 0.6 is 11.3 Å². The lowest BCUT2D eigenvalue weighted by atomic mass is 10.2. The van der Waals surface area contributed by atoms with E-state index in [4.69, 9.17) is 0 Å². The largest absolute Gasteiger partial charge is 0.351 e. The van der Waals surface area contributed by atoms with Gasteiger partial charge < -0.3 is 5.32 Å². The van der Waals surface area contributed by atoms with E-state index in [9.17, 15) is 4.79 Å². The first kappa shape index (κ1) is 14.8. The molecule has 2 heterocycles. The van der Waals surface area contributed by atoms with Crippen molar-refractivity contribution in [3.63, 3.8) is 0 Å². The van der Waals surface area contributed by atoms with Crippen LogP contribution in [-0.2, 0) is 6.54 Å². The second-order valence-corrected chi connectivity index (χ2v) is 6.62. The molecule has 0 aliphatic heterocycles. The summed E-state index contributed by atoms with van der Waals surface area (Å²) in [5.74, 6) is 0.362. The quantitative estimate of drug-likeness (QED) is 0.920. The molecular formula is C15H21N3OS. The van der Waals surface area contributed by atoms with Crippen LogP contribution in [0.3, 0.4) is 0 Å². The van der Waals surface area contributed by atoms with Crippen molar-refractivity contribution in [2.75, 3.05) is 6.54 Å². The lowest BCUT2D eigenvalue weighted by Gasteiger charge is -2.13. The predicted octanol–water partition coefficient (Wildman–Crippen LogP) is 2.94. The van der Waals surface area contributed by atoms with Crippen LogP contribution in [0.1, 0.15) is 32.9 Å². The number of carbonyl (C=O) groups excluding carboxylic acids is 1. The van der Waals surface area contributed by atoms with Crippen molar-refractivity contribution in [1.29, 1.82) is 0 Å². The van der Waals surface area contributed by atoms with Crippen molar-refractivity contribution in [3.8, 4) is 0 Å². The maximum Gasteiger partial charge on any atom is 0.261 e. The normalized spacial score (nSPS) is 12.4. The molecule has 0 unspecified atom stereocenters. The van der Waals surface area contributed by atoms with Gasteiger partial charge in [-0.2, -0.15) is 5.10 Å². The summed E-state index contributed by atoms with van der Waals surface area (Å²) >= 11 is 1.53. The van der Waals surface area contributed by atoms with E-state index in [2.05, 4.69) is 30.3 Å². The van der Waals surface area contributed by atoms with Gasteiger partial charge in [0.05, 0.1) is 10.6 Å². The Bertz CT molecular complexity index is 600. The molecular weight excluding hydrogens is 270 g/mol. The van der Waals surface area contributed by atoms with Crippen LogP contribution in [0, 0.1) is 26.7 Å². The highest BCUT2D eigenvalue weighted by molar-refractivity contribution is 7.13. The fourth-order valence-electron chi connectivity index (χ4n) is 2.13. The van der Waals surface area contributed by atoms with Gasteiger partial charge in [0, 0.05) is 23.7 Å². The van der Waals surface area contributed by atoms with Crippen LogP contribution < -0.4 is 5.32 Å². The van der Waals surface area contributed by atoms with Crippen molar-refractivity contribution in [1.82, 2.24) is 15.1 Å². The Labute approximate surface area is 123 Å². The average molecular weight is 291 g/mol. The number of rotatable bonds is 5. The van der Waals surface area contributed by atoms with Crippen LogP contribution in [0.2, 0.25) is 0 Å². The summed E-state index contributed by atoms with van der Waals surface area (Å²) < 4.78 is 2.00. The Morgan fingerprint density at radius 1 is 1.40 bits per heavy atom. The molecule has 0 bridgehead atoms. The Morgan fingerprint density at radius 3 is 2.70 bits per heavy atom. The van der Waals surface area contributed by atoms with E-state index >= 15 is 0 Å².